The molecule has 0 aliphatic rings. The average Bonchev–Trinajstić information content (AvgIpc) is 2.56. The normalized spacial score (nSPS) is 10.6. The average molecular weight is 305 g/mol. The van der Waals surface area contributed by atoms with Gasteiger partial charge in [-0.2, -0.15) is 0 Å². The van der Waals surface area contributed by atoms with Crippen LogP contribution in [0.25, 0.3) is 16.5 Å². The highest BCUT2D eigenvalue weighted by Gasteiger charge is 2.07. The Morgan fingerprint density at radius 2 is 1.96 bits per heavy atom. The number of nitrogens with zero attached hydrogens (tertiary/aromatic N) is 2. The number of methoxy groups -OCH3 is 1. The first-order valence-corrected chi connectivity index (χ1v) is 7.41. The number of nitrogens with one attached hydrogen (secondary N) is 1. The number of hydrogen-bond acceptors (Lipinski definition) is 4. The van der Waals surface area contributed by atoms with E-state index in [4.69, 9.17) is 4.74 Å². The molecule has 0 unspecified atom stereocenters. The van der Waals surface area contributed by atoms with Crippen molar-refractivity contribution in [2.45, 2.75) is 13.8 Å². The van der Waals surface area contributed by atoms with Gasteiger partial charge in [-0.1, -0.05) is 24.3 Å². The summed E-state index contributed by atoms with van der Waals surface area (Å²) >= 11 is 0. The lowest BCUT2D eigenvalue weighted by atomic mass is 10.1. The maximum Gasteiger partial charge on any atom is 0.141 e. The molecule has 4 nitrogen and oxygen atoms in total. The van der Waals surface area contributed by atoms with Crippen LogP contribution in [0.1, 0.15) is 18.1 Å². The molecule has 0 atom stereocenters. The lowest BCUT2D eigenvalue weighted by Crippen LogP contribution is -1.97. The Morgan fingerprint density at radius 3 is 2.70 bits per heavy atom. The standard InChI is InChI=1S/C19H19N3O/c1-12(2)14-6-8-17-16(9-14)19(21-11-20-17)22-15-7-5-13(3)18(10-15)23-4/h5-11H,1H2,2-4H3,(H,20,21,22). The van der Waals surface area contributed by atoms with E-state index in [-0.39, 0.29) is 0 Å². The second kappa shape index (κ2) is 6.08. The van der Waals surface area contributed by atoms with E-state index in [9.17, 15) is 0 Å². The largest absolute Gasteiger partial charge is 0.496 e. The number of anilines is 2. The second-order valence-electron chi connectivity index (χ2n) is 5.54. The lowest BCUT2D eigenvalue weighted by Gasteiger charge is -2.12. The van der Waals surface area contributed by atoms with Crippen LogP contribution in [0.4, 0.5) is 11.5 Å². The van der Waals surface area contributed by atoms with E-state index >= 15 is 0 Å². The van der Waals surface area contributed by atoms with Gasteiger partial charge in [-0.25, -0.2) is 9.97 Å². The van der Waals surface area contributed by atoms with Gasteiger partial charge in [0.1, 0.15) is 17.9 Å². The summed E-state index contributed by atoms with van der Waals surface area (Å²) in [6, 6.07) is 12.1. The zero-order chi connectivity index (χ0) is 16.4. The second-order valence-corrected chi connectivity index (χ2v) is 5.54. The van der Waals surface area contributed by atoms with Crippen molar-refractivity contribution < 1.29 is 4.74 Å². The Balaban J connectivity index is 2.05. The number of ether oxygens (including phenoxy) is 1. The molecule has 0 bridgehead atoms. The van der Waals surface area contributed by atoms with Crippen molar-refractivity contribution in [2.24, 2.45) is 0 Å². The van der Waals surface area contributed by atoms with Crippen LogP contribution in [0, 0.1) is 6.92 Å². The summed E-state index contributed by atoms with van der Waals surface area (Å²) in [6.07, 6.45) is 1.57. The van der Waals surface area contributed by atoms with Gasteiger partial charge in [0.2, 0.25) is 0 Å². The number of fused-ring (bicyclic) bond motifs is 1. The van der Waals surface area contributed by atoms with Gasteiger partial charge in [0.05, 0.1) is 12.6 Å². The Bertz CT molecular complexity index is 887. The van der Waals surface area contributed by atoms with Gasteiger partial charge in [-0.05, 0) is 43.2 Å². The number of benzene rings is 2. The quantitative estimate of drug-likeness (QED) is 0.757. The van der Waals surface area contributed by atoms with Crippen molar-refractivity contribution in [1.82, 2.24) is 9.97 Å². The number of hydrogen-bond donors (Lipinski definition) is 1. The topological polar surface area (TPSA) is 47.0 Å². The van der Waals surface area contributed by atoms with Gasteiger partial charge in [0.15, 0.2) is 0 Å². The SMILES string of the molecule is C=C(C)c1ccc2ncnc(Nc3ccc(C)c(OC)c3)c2c1. The summed E-state index contributed by atoms with van der Waals surface area (Å²) < 4.78 is 5.38. The van der Waals surface area contributed by atoms with Crippen LogP contribution in [-0.4, -0.2) is 17.1 Å². The predicted molar refractivity (Wildman–Crippen MR) is 95.3 cm³/mol. The van der Waals surface area contributed by atoms with Crippen LogP contribution < -0.4 is 10.1 Å². The van der Waals surface area contributed by atoms with E-state index in [0.717, 1.165) is 44.9 Å². The van der Waals surface area contributed by atoms with E-state index in [0.29, 0.717) is 0 Å². The monoisotopic (exact) mass is 305 g/mol. The van der Waals surface area contributed by atoms with Gasteiger partial charge in [0.25, 0.3) is 0 Å². The Morgan fingerprint density at radius 1 is 1.13 bits per heavy atom. The molecule has 23 heavy (non-hydrogen) atoms. The Labute approximate surface area is 135 Å². The molecule has 0 saturated carbocycles. The highest BCUT2D eigenvalue weighted by molar-refractivity contribution is 5.92. The van der Waals surface area contributed by atoms with E-state index < -0.39 is 0 Å². The van der Waals surface area contributed by atoms with Gasteiger partial charge in [0, 0.05) is 17.1 Å². The van der Waals surface area contributed by atoms with Crippen LogP contribution in [0.5, 0.6) is 5.75 Å². The van der Waals surface area contributed by atoms with Crippen LogP contribution >= 0.6 is 0 Å². The maximum absolute atomic E-state index is 5.38. The molecule has 0 saturated heterocycles. The molecule has 116 valence electrons. The molecule has 4 heteroatoms. The molecular weight excluding hydrogens is 286 g/mol. The first-order chi connectivity index (χ1) is 11.1. The van der Waals surface area contributed by atoms with E-state index in [1.54, 1.807) is 13.4 Å². The molecule has 0 aliphatic heterocycles. The summed E-state index contributed by atoms with van der Waals surface area (Å²) in [5, 5.41) is 4.32. The third-order valence-corrected chi connectivity index (χ3v) is 3.80. The number of rotatable bonds is 4. The van der Waals surface area contributed by atoms with Crippen molar-refractivity contribution in [1.29, 1.82) is 0 Å². The lowest BCUT2D eigenvalue weighted by molar-refractivity contribution is 0.412. The van der Waals surface area contributed by atoms with Crippen LogP contribution in [0.2, 0.25) is 0 Å². The summed E-state index contributed by atoms with van der Waals surface area (Å²) in [6.45, 7) is 8.01. The van der Waals surface area contributed by atoms with Crippen molar-refractivity contribution in [2.75, 3.05) is 12.4 Å². The minimum absolute atomic E-state index is 0.768. The fraction of sp³-hybridized carbons (Fsp3) is 0.158. The minimum atomic E-state index is 0.768. The van der Waals surface area contributed by atoms with Crippen molar-refractivity contribution in [3.8, 4) is 5.75 Å². The highest BCUT2D eigenvalue weighted by atomic mass is 16.5. The molecule has 0 fully saturated rings. The summed E-state index contributed by atoms with van der Waals surface area (Å²) in [7, 11) is 1.67. The molecule has 1 heterocycles. The minimum Gasteiger partial charge on any atom is -0.496 e. The van der Waals surface area contributed by atoms with Crippen molar-refractivity contribution in [3.05, 3.63) is 60.4 Å². The highest BCUT2D eigenvalue weighted by Crippen LogP contribution is 2.28. The zero-order valence-electron chi connectivity index (χ0n) is 13.6. The molecule has 0 amide bonds. The van der Waals surface area contributed by atoms with Crippen molar-refractivity contribution in [3.63, 3.8) is 0 Å². The predicted octanol–water partition coefficient (Wildman–Crippen LogP) is 4.72. The van der Waals surface area contributed by atoms with Crippen LogP contribution in [-0.2, 0) is 0 Å². The molecule has 2 aromatic carbocycles. The smallest absolute Gasteiger partial charge is 0.141 e. The molecule has 1 aromatic heterocycles. The molecule has 0 radical (unpaired) electrons. The van der Waals surface area contributed by atoms with Crippen LogP contribution in [0.3, 0.4) is 0 Å². The fourth-order valence-electron chi connectivity index (χ4n) is 2.46. The first-order valence-electron chi connectivity index (χ1n) is 7.41. The molecule has 1 N–H and O–H groups in total. The van der Waals surface area contributed by atoms with E-state index in [2.05, 4.69) is 27.9 Å². The third kappa shape index (κ3) is 3.01. The molecule has 3 rings (SSSR count). The summed E-state index contributed by atoms with van der Waals surface area (Å²) in [4.78, 5) is 8.71. The van der Waals surface area contributed by atoms with E-state index in [1.165, 1.54) is 0 Å². The van der Waals surface area contributed by atoms with Gasteiger partial charge in [-0.15, -0.1) is 0 Å². The number of aromatic nitrogens is 2. The Hall–Kier alpha value is -2.88. The summed E-state index contributed by atoms with van der Waals surface area (Å²) in [5.74, 6) is 1.61. The van der Waals surface area contributed by atoms with Crippen LogP contribution in [0.15, 0.2) is 49.3 Å². The summed E-state index contributed by atoms with van der Waals surface area (Å²) in [5.41, 5.74) is 5.01. The molecular formula is C19H19N3O. The van der Waals surface area contributed by atoms with Gasteiger partial charge in [-0.3, -0.25) is 0 Å². The number of aryl methyl sites for hydroxylation is 1. The zero-order valence-corrected chi connectivity index (χ0v) is 13.6. The van der Waals surface area contributed by atoms with E-state index in [1.807, 2.05) is 44.2 Å². The molecule has 0 spiro atoms. The molecule has 3 aromatic rings. The first kappa shape index (κ1) is 15.0. The van der Waals surface area contributed by atoms with Gasteiger partial charge >= 0.3 is 0 Å². The molecule has 0 aliphatic carbocycles. The number of allylic oxidation sites excluding steroid dienone is 1. The maximum atomic E-state index is 5.38. The van der Waals surface area contributed by atoms with Crippen molar-refractivity contribution >= 4 is 28.0 Å². The fourth-order valence-corrected chi connectivity index (χ4v) is 2.46. The Kier molecular flexibility index (Phi) is 3.98. The van der Waals surface area contributed by atoms with Gasteiger partial charge < -0.3 is 10.1 Å². The third-order valence-electron chi connectivity index (χ3n) is 3.80.